The first-order valence-corrected chi connectivity index (χ1v) is 9.40. The van der Waals surface area contributed by atoms with Crippen molar-refractivity contribution in [2.75, 3.05) is 7.05 Å². The Bertz CT molecular complexity index is 787. The fraction of sp³-hybridized carbons (Fsp3) is 0.316. The molecule has 0 heterocycles. The third-order valence-corrected chi connectivity index (χ3v) is 5.66. The summed E-state index contributed by atoms with van der Waals surface area (Å²) in [6, 6.07) is 10.5. The Morgan fingerprint density at radius 1 is 1.21 bits per heavy atom. The van der Waals surface area contributed by atoms with Crippen molar-refractivity contribution in [1.82, 2.24) is 4.90 Å². The van der Waals surface area contributed by atoms with Crippen LogP contribution in [0.2, 0.25) is 5.02 Å². The molecular formula is C19H20ClIN2O. The normalized spacial score (nSPS) is 14.2. The molecule has 2 aromatic rings. The van der Waals surface area contributed by atoms with Crippen LogP contribution in [0.3, 0.4) is 0 Å². The monoisotopic (exact) mass is 454 g/mol. The number of hydrogen-bond donors (Lipinski definition) is 0. The van der Waals surface area contributed by atoms with Crippen molar-refractivity contribution in [1.29, 1.82) is 0 Å². The molecular weight excluding hydrogens is 435 g/mol. The van der Waals surface area contributed by atoms with E-state index < -0.39 is 0 Å². The Hall–Kier alpha value is -1.27. The van der Waals surface area contributed by atoms with Gasteiger partial charge in [-0.05, 0) is 90.7 Å². The largest absolute Gasteiger partial charge is 0.457 e. The van der Waals surface area contributed by atoms with Gasteiger partial charge < -0.3 is 9.64 Å². The predicted octanol–water partition coefficient (Wildman–Crippen LogP) is 6.11. The van der Waals surface area contributed by atoms with Gasteiger partial charge >= 0.3 is 0 Å². The van der Waals surface area contributed by atoms with E-state index in [1.165, 1.54) is 12.8 Å². The van der Waals surface area contributed by atoms with Gasteiger partial charge in [-0.2, -0.15) is 0 Å². The molecule has 24 heavy (non-hydrogen) atoms. The Labute approximate surface area is 161 Å². The van der Waals surface area contributed by atoms with E-state index in [9.17, 15) is 0 Å². The summed E-state index contributed by atoms with van der Waals surface area (Å²) in [5.74, 6) is 1.64. The number of rotatable bonds is 5. The Morgan fingerprint density at radius 3 is 2.62 bits per heavy atom. The summed E-state index contributed by atoms with van der Waals surface area (Å²) in [5, 5.41) is 0.736. The molecule has 0 saturated heterocycles. The fourth-order valence-electron chi connectivity index (χ4n) is 2.42. The molecule has 0 spiro atoms. The molecule has 3 rings (SSSR count). The summed E-state index contributed by atoms with van der Waals surface area (Å²) < 4.78 is 7.01. The van der Waals surface area contributed by atoms with Crippen LogP contribution >= 0.6 is 34.2 Å². The predicted molar refractivity (Wildman–Crippen MR) is 109 cm³/mol. The average molecular weight is 455 g/mol. The minimum Gasteiger partial charge on any atom is -0.457 e. The van der Waals surface area contributed by atoms with E-state index in [4.69, 9.17) is 16.3 Å². The Morgan fingerprint density at radius 2 is 1.96 bits per heavy atom. The lowest BCUT2D eigenvalue weighted by Gasteiger charge is -2.13. The van der Waals surface area contributed by atoms with E-state index in [2.05, 4.69) is 52.5 Å². The fourth-order valence-corrected chi connectivity index (χ4v) is 3.02. The van der Waals surface area contributed by atoms with E-state index in [0.29, 0.717) is 6.04 Å². The van der Waals surface area contributed by atoms with Crippen LogP contribution in [0, 0.1) is 17.4 Å². The minimum absolute atomic E-state index is 0.671. The third-order valence-electron chi connectivity index (χ3n) is 4.11. The van der Waals surface area contributed by atoms with E-state index in [0.717, 1.165) is 36.9 Å². The summed E-state index contributed by atoms with van der Waals surface area (Å²) in [4.78, 5) is 6.82. The smallest absolute Gasteiger partial charge is 0.130 e. The molecule has 0 bridgehead atoms. The quantitative estimate of drug-likeness (QED) is 0.309. The van der Waals surface area contributed by atoms with Crippen molar-refractivity contribution in [3.8, 4) is 11.5 Å². The highest BCUT2D eigenvalue weighted by molar-refractivity contribution is 14.1. The molecule has 0 aromatic heterocycles. The van der Waals surface area contributed by atoms with Crippen molar-refractivity contribution < 1.29 is 4.74 Å². The summed E-state index contributed by atoms with van der Waals surface area (Å²) >= 11 is 8.27. The van der Waals surface area contributed by atoms with Crippen LogP contribution in [0.1, 0.15) is 24.0 Å². The number of aryl methyl sites for hydroxylation is 2. The number of halogens is 2. The highest BCUT2D eigenvalue weighted by Gasteiger charge is 2.24. The molecule has 3 nitrogen and oxygen atoms in total. The lowest BCUT2D eigenvalue weighted by molar-refractivity contribution is 0.478. The van der Waals surface area contributed by atoms with Gasteiger partial charge in [0.1, 0.15) is 11.5 Å². The second-order valence-corrected chi connectivity index (χ2v) is 7.79. The van der Waals surface area contributed by atoms with Gasteiger partial charge in [0.2, 0.25) is 0 Å². The zero-order valence-electron chi connectivity index (χ0n) is 14.0. The molecule has 1 aliphatic rings. The number of nitrogens with zero attached hydrogens (tertiary/aromatic N) is 2. The van der Waals surface area contributed by atoms with Crippen LogP contribution in [0.15, 0.2) is 35.3 Å². The maximum Gasteiger partial charge on any atom is 0.130 e. The van der Waals surface area contributed by atoms with Crippen LogP contribution < -0.4 is 4.74 Å². The van der Waals surface area contributed by atoms with Gasteiger partial charge in [-0.25, -0.2) is 4.99 Å². The number of aliphatic imine (C=N–C) groups is 1. The summed E-state index contributed by atoms with van der Waals surface area (Å²) in [7, 11) is 2.09. The number of ether oxygens (including phenoxy) is 1. The van der Waals surface area contributed by atoms with Gasteiger partial charge in [0.15, 0.2) is 0 Å². The van der Waals surface area contributed by atoms with Gasteiger partial charge in [0, 0.05) is 16.7 Å². The van der Waals surface area contributed by atoms with E-state index in [1.807, 2.05) is 37.5 Å². The summed E-state index contributed by atoms with van der Waals surface area (Å²) in [6.07, 6.45) is 4.47. The van der Waals surface area contributed by atoms with E-state index in [-0.39, 0.29) is 0 Å². The van der Waals surface area contributed by atoms with Crippen molar-refractivity contribution in [3.63, 3.8) is 0 Å². The van der Waals surface area contributed by atoms with Crippen LogP contribution in [-0.4, -0.2) is 24.3 Å². The lowest BCUT2D eigenvalue weighted by atomic mass is 10.1. The Balaban J connectivity index is 1.79. The molecule has 126 valence electrons. The molecule has 0 N–H and O–H groups in total. The zero-order valence-corrected chi connectivity index (χ0v) is 16.9. The molecule has 0 radical (unpaired) electrons. The van der Waals surface area contributed by atoms with Gasteiger partial charge in [-0.15, -0.1) is 0 Å². The molecule has 1 aliphatic carbocycles. The van der Waals surface area contributed by atoms with Crippen LogP contribution in [0.25, 0.3) is 0 Å². The third kappa shape index (κ3) is 4.22. The molecule has 1 fully saturated rings. The molecule has 2 aromatic carbocycles. The standard InChI is InChI=1S/C19H20ClIN2O/c1-12-9-19(24-15-6-7-16(20)17(21)10-15)13(2)8-18(12)22-11-23(3)14-4-5-14/h6-11,14H,4-5H2,1-3H3. The first-order valence-electron chi connectivity index (χ1n) is 7.94. The second-order valence-electron chi connectivity index (χ2n) is 6.22. The van der Waals surface area contributed by atoms with Crippen molar-refractivity contribution in [3.05, 3.63) is 50.1 Å². The van der Waals surface area contributed by atoms with Gasteiger partial charge in [0.25, 0.3) is 0 Å². The minimum atomic E-state index is 0.671. The molecule has 1 saturated carbocycles. The molecule has 0 aliphatic heterocycles. The van der Waals surface area contributed by atoms with Gasteiger partial charge in [0.05, 0.1) is 17.0 Å². The van der Waals surface area contributed by atoms with Gasteiger partial charge in [-0.3, -0.25) is 0 Å². The molecule has 0 amide bonds. The highest BCUT2D eigenvalue weighted by atomic mass is 127. The topological polar surface area (TPSA) is 24.8 Å². The number of benzene rings is 2. The maximum absolute atomic E-state index is 6.06. The van der Waals surface area contributed by atoms with E-state index in [1.54, 1.807) is 0 Å². The van der Waals surface area contributed by atoms with Crippen LogP contribution in [-0.2, 0) is 0 Å². The van der Waals surface area contributed by atoms with Crippen LogP contribution in [0.5, 0.6) is 11.5 Å². The first kappa shape index (κ1) is 17.5. The van der Waals surface area contributed by atoms with Gasteiger partial charge in [-0.1, -0.05) is 11.6 Å². The number of hydrogen-bond acceptors (Lipinski definition) is 2. The molecule has 5 heteroatoms. The van der Waals surface area contributed by atoms with Crippen molar-refractivity contribution >= 4 is 46.2 Å². The maximum atomic E-state index is 6.06. The first-order chi connectivity index (χ1) is 11.4. The summed E-state index contributed by atoms with van der Waals surface area (Å²) in [5.41, 5.74) is 3.14. The van der Waals surface area contributed by atoms with Crippen molar-refractivity contribution in [2.45, 2.75) is 32.7 Å². The van der Waals surface area contributed by atoms with E-state index >= 15 is 0 Å². The van der Waals surface area contributed by atoms with Crippen molar-refractivity contribution in [2.24, 2.45) is 4.99 Å². The Kier molecular flexibility index (Phi) is 5.35. The molecule has 0 atom stereocenters. The highest BCUT2D eigenvalue weighted by Crippen LogP contribution is 2.33. The lowest BCUT2D eigenvalue weighted by Crippen LogP contribution is -2.17. The average Bonchev–Trinajstić information content (AvgIpc) is 3.37. The molecule has 0 unspecified atom stereocenters. The second kappa shape index (κ2) is 7.31. The zero-order chi connectivity index (χ0) is 17.3. The van der Waals surface area contributed by atoms with Crippen LogP contribution in [0.4, 0.5) is 5.69 Å². The summed E-state index contributed by atoms with van der Waals surface area (Å²) in [6.45, 7) is 4.10. The SMILES string of the molecule is Cc1cc(Oc2ccc(Cl)c(I)c2)c(C)cc1N=CN(C)C1CC1.